The number of amides is 1. The molecule has 7 nitrogen and oxygen atoms in total. The number of ether oxygens (including phenoxy) is 2. The van der Waals surface area contributed by atoms with Crippen LogP contribution < -0.4 is 14.5 Å². The molecule has 3 heterocycles. The fraction of sp³-hybridized carbons (Fsp3) is 0.458. The molecule has 1 spiro atoms. The standard InChI is InChI=1S/C24H26N4O3S/c1-16-13-18(15-26-21(16)14-25)27-22(29)24(9-2-10-24)28(23(27)32)17-3-5-19(6-4-17)31-20-7-11-30-12-8-20/h3-6,13,15,20,23,32H,2,7-12H2,1H3. The number of thiol groups is 1. The van der Waals surface area contributed by atoms with Crippen LogP contribution in [0.1, 0.15) is 43.4 Å². The maximum absolute atomic E-state index is 13.6. The minimum atomic E-state index is -0.586. The van der Waals surface area contributed by atoms with Gasteiger partial charge in [-0.15, -0.1) is 12.6 Å². The minimum absolute atomic E-state index is 0.0391. The Labute approximate surface area is 193 Å². The van der Waals surface area contributed by atoms with Crippen LogP contribution in [0.5, 0.6) is 5.75 Å². The molecule has 1 aromatic carbocycles. The lowest BCUT2D eigenvalue weighted by atomic mass is 9.75. The van der Waals surface area contributed by atoms with E-state index in [0.717, 1.165) is 62.3 Å². The van der Waals surface area contributed by atoms with E-state index < -0.39 is 11.0 Å². The molecule has 166 valence electrons. The summed E-state index contributed by atoms with van der Waals surface area (Å²) in [6.07, 6.45) is 6.17. The summed E-state index contributed by atoms with van der Waals surface area (Å²) in [7, 11) is 0. The molecule has 1 saturated carbocycles. The number of hydrogen-bond acceptors (Lipinski definition) is 7. The largest absolute Gasteiger partial charge is 0.490 e. The third-order valence-corrected chi connectivity index (χ3v) is 7.22. The minimum Gasteiger partial charge on any atom is -0.490 e. The van der Waals surface area contributed by atoms with Gasteiger partial charge in [0.25, 0.3) is 5.91 Å². The molecule has 1 aromatic heterocycles. The molecule has 5 rings (SSSR count). The molecule has 0 N–H and O–H groups in total. The number of benzene rings is 1. The summed E-state index contributed by atoms with van der Waals surface area (Å²) in [5, 5.41) is 9.19. The van der Waals surface area contributed by atoms with Gasteiger partial charge in [0, 0.05) is 18.5 Å². The maximum Gasteiger partial charge on any atom is 0.255 e. The van der Waals surface area contributed by atoms with Crippen LogP contribution in [0, 0.1) is 18.3 Å². The van der Waals surface area contributed by atoms with Crippen LogP contribution in [0.3, 0.4) is 0 Å². The predicted octanol–water partition coefficient (Wildman–Crippen LogP) is 3.81. The SMILES string of the molecule is Cc1cc(N2C(=O)C3(CCC3)N(c3ccc(OC4CCOCC4)cc3)C2S)cnc1C#N. The van der Waals surface area contributed by atoms with Crippen molar-refractivity contribution in [1.29, 1.82) is 5.26 Å². The molecule has 3 aliphatic rings. The number of carbonyl (C=O) groups excluding carboxylic acids is 1. The highest BCUT2D eigenvalue weighted by molar-refractivity contribution is 7.81. The van der Waals surface area contributed by atoms with Crippen molar-refractivity contribution in [2.75, 3.05) is 23.0 Å². The van der Waals surface area contributed by atoms with Gasteiger partial charge in [-0.3, -0.25) is 9.69 Å². The smallest absolute Gasteiger partial charge is 0.255 e. The second-order valence-electron chi connectivity index (χ2n) is 8.67. The zero-order valence-electron chi connectivity index (χ0n) is 18.0. The molecule has 2 aliphatic heterocycles. The molecular formula is C24H26N4O3S. The molecule has 1 unspecified atom stereocenters. The number of rotatable bonds is 4. The molecule has 2 aromatic rings. The molecule has 1 atom stereocenters. The van der Waals surface area contributed by atoms with Gasteiger partial charge in [0.05, 0.1) is 25.1 Å². The lowest BCUT2D eigenvalue weighted by molar-refractivity contribution is -0.124. The predicted molar refractivity (Wildman–Crippen MR) is 124 cm³/mol. The topological polar surface area (TPSA) is 78.7 Å². The number of hydrogen-bond donors (Lipinski definition) is 1. The first kappa shape index (κ1) is 21.1. The first-order valence-corrected chi connectivity index (χ1v) is 11.6. The summed E-state index contributed by atoms with van der Waals surface area (Å²) < 4.78 is 11.5. The van der Waals surface area contributed by atoms with Crippen molar-refractivity contribution in [3.63, 3.8) is 0 Å². The monoisotopic (exact) mass is 450 g/mol. The molecule has 1 amide bonds. The Bertz CT molecular complexity index is 1060. The van der Waals surface area contributed by atoms with Crippen LogP contribution >= 0.6 is 12.6 Å². The van der Waals surface area contributed by atoms with Crippen molar-refractivity contribution in [1.82, 2.24) is 4.98 Å². The molecule has 1 aliphatic carbocycles. The highest BCUT2D eigenvalue weighted by atomic mass is 32.1. The molecule has 0 bridgehead atoms. The maximum atomic E-state index is 13.6. The summed E-state index contributed by atoms with van der Waals surface area (Å²) in [6, 6.07) is 11.9. The highest BCUT2D eigenvalue weighted by Crippen LogP contribution is 2.50. The summed E-state index contributed by atoms with van der Waals surface area (Å²) >= 11 is 4.87. The fourth-order valence-corrected chi connectivity index (χ4v) is 5.44. The Morgan fingerprint density at radius 3 is 2.53 bits per heavy atom. The Morgan fingerprint density at radius 1 is 1.22 bits per heavy atom. The quantitative estimate of drug-likeness (QED) is 0.714. The molecule has 3 fully saturated rings. The van der Waals surface area contributed by atoms with Crippen LogP contribution in [0.25, 0.3) is 0 Å². The van der Waals surface area contributed by atoms with Gasteiger partial charge in [-0.25, -0.2) is 4.98 Å². The second kappa shape index (κ2) is 8.30. The summed E-state index contributed by atoms with van der Waals surface area (Å²) in [4.78, 5) is 21.7. The zero-order valence-corrected chi connectivity index (χ0v) is 18.9. The van der Waals surface area contributed by atoms with Gasteiger partial charge in [0.15, 0.2) is 5.50 Å². The highest BCUT2D eigenvalue weighted by Gasteiger charge is 2.60. The molecular weight excluding hydrogens is 424 g/mol. The Hall–Kier alpha value is -2.76. The van der Waals surface area contributed by atoms with Gasteiger partial charge in [-0.2, -0.15) is 5.26 Å². The van der Waals surface area contributed by atoms with E-state index in [-0.39, 0.29) is 12.0 Å². The van der Waals surface area contributed by atoms with Gasteiger partial charge in [0.1, 0.15) is 29.2 Å². The first-order valence-electron chi connectivity index (χ1n) is 11.1. The third-order valence-electron chi connectivity index (χ3n) is 6.75. The van der Waals surface area contributed by atoms with E-state index in [4.69, 9.17) is 22.1 Å². The van der Waals surface area contributed by atoms with Crippen molar-refractivity contribution in [3.8, 4) is 11.8 Å². The van der Waals surface area contributed by atoms with Crippen LogP contribution in [0.4, 0.5) is 11.4 Å². The molecule has 32 heavy (non-hydrogen) atoms. The van der Waals surface area contributed by atoms with E-state index in [9.17, 15) is 10.1 Å². The van der Waals surface area contributed by atoms with Gasteiger partial charge in [0.2, 0.25) is 0 Å². The Kier molecular flexibility index (Phi) is 5.48. The number of pyridine rings is 1. The van der Waals surface area contributed by atoms with E-state index >= 15 is 0 Å². The van der Waals surface area contributed by atoms with Crippen molar-refractivity contribution in [2.45, 2.75) is 56.2 Å². The Balaban J connectivity index is 1.42. The number of carbonyl (C=O) groups is 1. The van der Waals surface area contributed by atoms with Crippen LogP contribution in [0.15, 0.2) is 36.5 Å². The normalized spacial score (nSPS) is 22.7. The summed E-state index contributed by atoms with van der Waals surface area (Å²) in [5.41, 5.74) is 1.68. The van der Waals surface area contributed by atoms with Crippen molar-refractivity contribution >= 4 is 29.9 Å². The zero-order chi connectivity index (χ0) is 22.3. The first-order chi connectivity index (χ1) is 15.5. The van der Waals surface area contributed by atoms with E-state index in [1.807, 2.05) is 37.3 Å². The average Bonchev–Trinajstić information content (AvgIpc) is 3.02. The van der Waals surface area contributed by atoms with Crippen LogP contribution in [-0.4, -0.2) is 41.2 Å². The number of anilines is 2. The fourth-order valence-electron chi connectivity index (χ4n) is 4.85. The summed E-state index contributed by atoms with van der Waals surface area (Å²) in [5.74, 6) is 0.866. The van der Waals surface area contributed by atoms with Gasteiger partial charge in [-0.05, 0) is 62.1 Å². The molecule has 2 saturated heterocycles. The van der Waals surface area contributed by atoms with E-state index in [1.165, 1.54) is 0 Å². The lowest BCUT2D eigenvalue weighted by Crippen LogP contribution is -2.55. The van der Waals surface area contributed by atoms with E-state index in [2.05, 4.69) is 16.0 Å². The van der Waals surface area contributed by atoms with Crippen molar-refractivity contribution < 1.29 is 14.3 Å². The number of nitriles is 1. The Morgan fingerprint density at radius 2 is 1.94 bits per heavy atom. The second-order valence-corrected chi connectivity index (χ2v) is 9.13. The van der Waals surface area contributed by atoms with E-state index in [1.54, 1.807) is 11.1 Å². The van der Waals surface area contributed by atoms with Gasteiger partial charge >= 0.3 is 0 Å². The van der Waals surface area contributed by atoms with Gasteiger partial charge in [-0.1, -0.05) is 0 Å². The van der Waals surface area contributed by atoms with Crippen LogP contribution in [0.2, 0.25) is 0 Å². The average molecular weight is 451 g/mol. The van der Waals surface area contributed by atoms with Crippen LogP contribution in [-0.2, 0) is 9.53 Å². The lowest BCUT2D eigenvalue weighted by Gasteiger charge is -2.44. The number of aryl methyl sites for hydroxylation is 1. The summed E-state index contributed by atoms with van der Waals surface area (Å²) in [6.45, 7) is 3.31. The molecule has 0 radical (unpaired) electrons. The van der Waals surface area contributed by atoms with E-state index in [0.29, 0.717) is 11.4 Å². The van der Waals surface area contributed by atoms with Crippen molar-refractivity contribution in [3.05, 3.63) is 47.8 Å². The van der Waals surface area contributed by atoms with Gasteiger partial charge < -0.3 is 14.4 Å². The number of nitrogens with zero attached hydrogens (tertiary/aromatic N) is 4. The number of aromatic nitrogens is 1. The molecule has 8 heteroatoms. The van der Waals surface area contributed by atoms with Crippen molar-refractivity contribution in [2.24, 2.45) is 0 Å². The third kappa shape index (κ3) is 3.40.